The van der Waals surface area contributed by atoms with Crippen LogP contribution in [0.5, 0.6) is 0 Å². The smallest absolute Gasteiger partial charge is 0.273 e. The van der Waals surface area contributed by atoms with Gasteiger partial charge in [-0.2, -0.15) is 0 Å². The minimum atomic E-state index is -0.513. The summed E-state index contributed by atoms with van der Waals surface area (Å²) in [5, 5.41) is 21.6. The molecule has 2 aromatic rings. The fraction of sp³-hybridized carbons (Fsp3) is 0.154. The van der Waals surface area contributed by atoms with Crippen molar-refractivity contribution < 1.29 is 9.72 Å². The number of rotatable bonds is 6. The van der Waals surface area contributed by atoms with Crippen LogP contribution in [0.15, 0.2) is 35.2 Å². The molecule has 7 nitrogen and oxygen atoms in total. The molecule has 1 aromatic carbocycles. The first-order valence-electron chi connectivity index (χ1n) is 6.15. The Hall–Kier alpha value is -2.26. The van der Waals surface area contributed by atoms with Gasteiger partial charge in [0.05, 0.1) is 4.92 Å². The number of aromatic nitrogens is 2. The van der Waals surface area contributed by atoms with Gasteiger partial charge in [0.15, 0.2) is 4.34 Å². The summed E-state index contributed by atoms with van der Waals surface area (Å²) in [6, 6.07) is 4.32. The first kappa shape index (κ1) is 16.1. The molecule has 9 heteroatoms. The van der Waals surface area contributed by atoms with Crippen molar-refractivity contribution in [2.75, 3.05) is 11.1 Å². The summed E-state index contributed by atoms with van der Waals surface area (Å²) in [5.74, 6) is 0.242. The van der Waals surface area contributed by atoms with Gasteiger partial charge in [-0.15, -0.1) is 16.8 Å². The Morgan fingerprint density at radius 3 is 3.00 bits per heavy atom. The first-order chi connectivity index (χ1) is 10.5. The number of aryl methyl sites for hydroxylation is 1. The molecule has 0 aliphatic heterocycles. The van der Waals surface area contributed by atoms with Gasteiger partial charge >= 0.3 is 0 Å². The summed E-state index contributed by atoms with van der Waals surface area (Å²) in [4.78, 5) is 22.5. The third kappa shape index (κ3) is 3.89. The van der Waals surface area contributed by atoms with Crippen molar-refractivity contribution in [3.8, 4) is 0 Å². The molecular formula is C13H12N4O3S2. The van der Waals surface area contributed by atoms with Crippen LogP contribution in [-0.4, -0.2) is 26.8 Å². The van der Waals surface area contributed by atoms with Gasteiger partial charge in [-0.3, -0.25) is 20.2 Å². The Labute approximate surface area is 134 Å². The summed E-state index contributed by atoms with van der Waals surface area (Å²) in [6.07, 6.45) is 1.75. The molecule has 22 heavy (non-hydrogen) atoms. The van der Waals surface area contributed by atoms with Gasteiger partial charge in [-0.1, -0.05) is 35.2 Å². The van der Waals surface area contributed by atoms with E-state index >= 15 is 0 Å². The number of carbonyl (C=O) groups is 1. The van der Waals surface area contributed by atoms with Gasteiger partial charge in [0, 0.05) is 22.9 Å². The van der Waals surface area contributed by atoms with Crippen molar-refractivity contribution in [1.29, 1.82) is 0 Å². The minimum Gasteiger partial charge on any atom is -0.296 e. The number of thioether (sulfide) groups is 1. The van der Waals surface area contributed by atoms with E-state index < -0.39 is 10.8 Å². The maximum atomic E-state index is 12.1. The number of nitrogens with zero attached hydrogens (tertiary/aromatic N) is 3. The number of nitro benzene ring substituents is 1. The van der Waals surface area contributed by atoms with Gasteiger partial charge < -0.3 is 0 Å². The normalized spacial score (nSPS) is 10.2. The van der Waals surface area contributed by atoms with Crippen molar-refractivity contribution in [1.82, 2.24) is 10.2 Å². The van der Waals surface area contributed by atoms with Crippen LogP contribution in [0.2, 0.25) is 0 Å². The summed E-state index contributed by atoms with van der Waals surface area (Å²) in [5.41, 5.74) is 0.612. The van der Waals surface area contributed by atoms with E-state index in [1.807, 2.05) is 0 Å². The lowest BCUT2D eigenvalue weighted by Crippen LogP contribution is -2.12. The highest BCUT2D eigenvalue weighted by Gasteiger charge is 2.16. The van der Waals surface area contributed by atoms with E-state index in [-0.39, 0.29) is 11.3 Å². The highest BCUT2D eigenvalue weighted by atomic mass is 32.2. The van der Waals surface area contributed by atoms with Gasteiger partial charge in [0.2, 0.25) is 5.13 Å². The van der Waals surface area contributed by atoms with Crippen LogP contribution in [0, 0.1) is 17.0 Å². The van der Waals surface area contributed by atoms with Crippen LogP contribution >= 0.6 is 23.1 Å². The Balaban J connectivity index is 2.12. The second kappa shape index (κ2) is 7.14. The lowest BCUT2D eigenvalue weighted by molar-refractivity contribution is -0.385. The third-order valence-corrected chi connectivity index (χ3v) is 4.59. The van der Waals surface area contributed by atoms with Crippen LogP contribution in [0.1, 0.15) is 15.9 Å². The SMILES string of the molecule is C=CCSc1nnc(NC(=O)c2ccc(C)c([N+](=O)[O-])c2)s1. The summed E-state index contributed by atoms with van der Waals surface area (Å²) in [7, 11) is 0. The zero-order valence-electron chi connectivity index (χ0n) is 11.6. The zero-order valence-corrected chi connectivity index (χ0v) is 13.2. The van der Waals surface area contributed by atoms with Crippen LogP contribution in [0.3, 0.4) is 0 Å². The number of nitrogens with one attached hydrogen (secondary N) is 1. The molecule has 0 aliphatic rings. The molecule has 1 N–H and O–H groups in total. The van der Waals surface area contributed by atoms with E-state index in [9.17, 15) is 14.9 Å². The predicted octanol–water partition coefficient (Wildman–Crippen LogP) is 3.29. The van der Waals surface area contributed by atoms with Gasteiger partial charge in [-0.05, 0) is 13.0 Å². The van der Waals surface area contributed by atoms with Crippen LogP contribution in [0.25, 0.3) is 0 Å². The van der Waals surface area contributed by atoms with Gasteiger partial charge in [0.1, 0.15) is 0 Å². The molecular weight excluding hydrogens is 324 g/mol. The second-order valence-electron chi connectivity index (χ2n) is 4.19. The van der Waals surface area contributed by atoms with Crippen molar-refractivity contribution >= 4 is 39.8 Å². The van der Waals surface area contributed by atoms with Crippen LogP contribution < -0.4 is 5.32 Å². The predicted molar refractivity (Wildman–Crippen MR) is 86.6 cm³/mol. The van der Waals surface area contributed by atoms with Crippen molar-refractivity contribution in [2.24, 2.45) is 0 Å². The molecule has 114 valence electrons. The molecule has 1 aromatic heterocycles. The van der Waals surface area contributed by atoms with E-state index in [2.05, 4.69) is 22.1 Å². The Morgan fingerprint density at radius 1 is 1.55 bits per heavy atom. The molecule has 0 fully saturated rings. The number of amides is 1. The molecule has 0 spiro atoms. The molecule has 1 amide bonds. The molecule has 0 atom stereocenters. The molecule has 0 saturated carbocycles. The fourth-order valence-corrected chi connectivity index (χ4v) is 3.07. The Bertz CT molecular complexity index is 730. The largest absolute Gasteiger partial charge is 0.296 e. The number of hydrogen-bond acceptors (Lipinski definition) is 7. The van der Waals surface area contributed by atoms with E-state index in [1.165, 1.54) is 35.2 Å². The average Bonchev–Trinajstić information content (AvgIpc) is 2.92. The van der Waals surface area contributed by atoms with E-state index in [0.29, 0.717) is 20.8 Å². The Kier molecular flexibility index (Phi) is 5.23. The minimum absolute atomic E-state index is 0.0906. The first-order valence-corrected chi connectivity index (χ1v) is 7.95. The molecule has 1 heterocycles. The zero-order chi connectivity index (χ0) is 16.1. The fourth-order valence-electron chi connectivity index (χ4n) is 1.57. The quantitative estimate of drug-likeness (QED) is 0.286. The molecule has 0 saturated heterocycles. The molecule has 2 rings (SSSR count). The maximum absolute atomic E-state index is 12.1. The monoisotopic (exact) mass is 336 g/mol. The van der Waals surface area contributed by atoms with Crippen molar-refractivity contribution in [2.45, 2.75) is 11.3 Å². The van der Waals surface area contributed by atoms with E-state index in [4.69, 9.17) is 0 Å². The van der Waals surface area contributed by atoms with Gasteiger partial charge in [0.25, 0.3) is 11.6 Å². The molecule has 0 unspecified atom stereocenters. The summed E-state index contributed by atoms with van der Waals surface area (Å²) in [6.45, 7) is 5.23. The standard InChI is InChI=1S/C13H12N4O3S2/c1-3-6-21-13-16-15-12(22-13)14-11(18)9-5-4-8(2)10(7-9)17(19)20/h3-5,7H,1,6H2,2H3,(H,14,15,18). The van der Waals surface area contributed by atoms with Crippen molar-refractivity contribution in [3.05, 3.63) is 52.1 Å². The second-order valence-corrected chi connectivity index (χ2v) is 6.43. The number of anilines is 1. The number of carbonyl (C=O) groups excluding carboxylic acids is 1. The Morgan fingerprint density at radius 2 is 2.32 bits per heavy atom. The lowest BCUT2D eigenvalue weighted by Gasteiger charge is -2.02. The third-order valence-electron chi connectivity index (χ3n) is 2.62. The summed E-state index contributed by atoms with van der Waals surface area (Å²) >= 11 is 2.70. The molecule has 0 bridgehead atoms. The van der Waals surface area contributed by atoms with Crippen LogP contribution in [0.4, 0.5) is 10.8 Å². The van der Waals surface area contributed by atoms with Crippen LogP contribution in [-0.2, 0) is 0 Å². The highest BCUT2D eigenvalue weighted by molar-refractivity contribution is 8.01. The molecule has 0 aliphatic carbocycles. The number of nitro groups is 1. The number of benzene rings is 1. The average molecular weight is 336 g/mol. The van der Waals surface area contributed by atoms with Gasteiger partial charge in [-0.25, -0.2) is 0 Å². The van der Waals surface area contributed by atoms with Crippen molar-refractivity contribution in [3.63, 3.8) is 0 Å². The number of hydrogen-bond donors (Lipinski definition) is 1. The summed E-state index contributed by atoms with van der Waals surface area (Å²) < 4.78 is 0.713. The topological polar surface area (TPSA) is 98.0 Å². The van der Waals surface area contributed by atoms with E-state index in [1.54, 1.807) is 19.1 Å². The molecule has 0 radical (unpaired) electrons. The van der Waals surface area contributed by atoms with E-state index in [0.717, 1.165) is 0 Å². The maximum Gasteiger partial charge on any atom is 0.273 e. The highest BCUT2D eigenvalue weighted by Crippen LogP contribution is 2.26. The lowest BCUT2D eigenvalue weighted by atomic mass is 10.1.